The molecule has 0 saturated carbocycles. The van der Waals surface area contributed by atoms with Gasteiger partial charge in [-0.25, -0.2) is 8.42 Å². The molecule has 0 spiro atoms. The van der Waals surface area contributed by atoms with Crippen LogP contribution in [0.3, 0.4) is 0 Å². The highest BCUT2D eigenvalue weighted by Crippen LogP contribution is 2.28. The van der Waals surface area contributed by atoms with E-state index in [1.54, 1.807) is 30.3 Å². The Balaban J connectivity index is 2.44. The lowest BCUT2D eigenvalue weighted by Gasteiger charge is -2.13. The summed E-state index contributed by atoms with van der Waals surface area (Å²) in [6.07, 6.45) is -0.465. The Morgan fingerprint density at radius 1 is 1.14 bits per heavy atom. The third kappa shape index (κ3) is 3.50. The predicted molar refractivity (Wildman–Crippen MR) is 80.3 cm³/mol. The SMILES string of the molecule is CS(=O)(=O)c1ccc(Cl)c(C(O)C(=O)c2ccccc2)c1. The van der Waals surface area contributed by atoms with Crippen molar-refractivity contribution in [3.8, 4) is 0 Å². The van der Waals surface area contributed by atoms with Crippen LogP contribution in [0, 0.1) is 0 Å². The minimum atomic E-state index is -3.45. The molecule has 0 aromatic heterocycles. The number of benzene rings is 2. The third-order valence-corrected chi connectivity index (χ3v) is 4.45. The highest BCUT2D eigenvalue weighted by molar-refractivity contribution is 7.90. The van der Waals surface area contributed by atoms with Gasteiger partial charge in [0.2, 0.25) is 0 Å². The predicted octanol–water partition coefficient (Wildman–Crippen LogP) is 2.66. The van der Waals surface area contributed by atoms with E-state index < -0.39 is 21.7 Å². The van der Waals surface area contributed by atoms with Crippen molar-refractivity contribution in [3.63, 3.8) is 0 Å². The Morgan fingerprint density at radius 3 is 2.33 bits per heavy atom. The number of rotatable bonds is 4. The lowest BCUT2D eigenvalue weighted by atomic mass is 10.00. The maximum Gasteiger partial charge on any atom is 0.195 e. The van der Waals surface area contributed by atoms with Crippen molar-refractivity contribution in [1.82, 2.24) is 0 Å². The number of Topliss-reactive ketones (excluding diaryl/α,β-unsaturated/α-hetero) is 1. The maximum absolute atomic E-state index is 12.2. The van der Waals surface area contributed by atoms with Crippen LogP contribution < -0.4 is 0 Å². The molecule has 4 nitrogen and oxygen atoms in total. The quantitative estimate of drug-likeness (QED) is 0.878. The maximum atomic E-state index is 12.2. The van der Waals surface area contributed by atoms with E-state index >= 15 is 0 Å². The molecular weight excluding hydrogens is 312 g/mol. The monoisotopic (exact) mass is 324 g/mol. The van der Waals surface area contributed by atoms with Crippen LogP contribution in [0.4, 0.5) is 0 Å². The molecule has 0 bridgehead atoms. The molecule has 1 unspecified atom stereocenters. The average molecular weight is 325 g/mol. The zero-order chi connectivity index (χ0) is 15.6. The second kappa shape index (κ2) is 5.97. The molecule has 0 heterocycles. The van der Waals surface area contributed by atoms with Crippen LogP contribution >= 0.6 is 11.6 Å². The number of carbonyl (C=O) groups excluding carboxylic acids is 1. The van der Waals surface area contributed by atoms with Gasteiger partial charge < -0.3 is 5.11 Å². The molecule has 2 rings (SSSR count). The summed E-state index contributed by atoms with van der Waals surface area (Å²) in [6.45, 7) is 0. The summed E-state index contributed by atoms with van der Waals surface area (Å²) in [7, 11) is -3.45. The van der Waals surface area contributed by atoms with Crippen molar-refractivity contribution in [2.24, 2.45) is 0 Å². The topological polar surface area (TPSA) is 71.4 Å². The van der Waals surface area contributed by atoms with Crippen LogP contribution in [0.5, 0.6) is 0 Å². The molecule has 1 N–H and O–H groups in total. The van der Waals surface area contributed by atoms with Gasteiger partial charge in [0, 0.05) is 22.4 Å². The first-order valence-electron chi connectivity index (χ1n) is 6.07. The molecule has 0 radical (unpaired) electrons. The third-order valence-electron chi connectivity index (χ3n) is 3.00. The number of aliphatic hydroxyl groups excluding tert-OH is 1. The molecule has 1 atom stereocenters. The van der Waals surface area contributed by atoms with E-state index in [0.717, 1.165) is 6.26 Å². The molecule has 21 heavy (non-hydrogen) atoms. The Bertz CT molecular complexity index is 770. The fourth-order valence-electron chi connectivity index (χ4n) is 1.86. The van der Waals surface area contributed by atoms with Crippen molar-refractivity contribution in [3.05, 3.63) is 64.7 Å². The average Bonchev–Trinajstić information content (AvgIpc) is 2.46. The normalized spacial score (nSPS) is 12.9. The number of ketones is 1. The highest BCUT2D eigenvalue weighted by atomic mass is 35.5. The zero-order valence-electron chi connectivity index (χ0n) is 11.2. The van der Waals surface area contributed by atoms with Gasteiger partial charge in [0.15, 0.2) is 15.6 Å². The number of aliphatic hydroxyl groups is 1. The Morgan fingerprint density at radius 2 is 1.76 bits per heavy atom. The van der Waals surface area contributed by atoms with Gasteiger partial charge >= 0.3 is 0 Å². The minimum Gasteiger partial charge on any atom is -0.380 e. The second-order valence-corrected chi connectivity index (χ2v) is 7.01. The van der Waals surface area contributed by atoms with Crippen LogP contribution in [0.25, 0.3) is 0 Å². The van der Waals surface area contributed by atoms with Crippen LogP contribution in [0.2, 0.25) is 5.02 Å². The van der Waals surface area contributed by atoms with Crippen molar-refractivity contribution in [1.29, 1.82) is 0 Å². The van der Waals surface area contributed by atoms with Crippen LogP contribution in [0.1, 0.15) is 22.0 Å². The molecule has 0 saturated heterocycles. The van der Waals surface area contributed by atoms with Gasteiger partial charge in [-0.15, -0.1) is 0 Å². The first kappa shape index (κ1) is 15.7. The van der Waals surface area contributed by atoms with Crippen molar-refractivity contribution < 1.29 is 18.3 Å². The lowest BCUT2D eigenvalue weighted by Crippen LogP contribution is -2.13. The van der Waals surface area contributed by atoms with Gasteiger partial charge in [0.1, 0.15) is 6.10 Å². The van der Waals surface area contributed by atoms with E-state index in [2.05, 4.69) is 0 Å². The van der Waals surface area contributed by atoms with E-state index in [0.29, 0.717) is 5.56 Å². The molecular formula is C15H13ClO4S. The first-order chi connectivity index (χ1) is 9.80. The zero-order valence-corrected chi connectivity index (χ0v) is 12.7. The van der Waals surface area contributed by atoms with Gasteiger partial charge in [-0.2, -0.15) is 0 Å². The van der Waals surface area contributed by atoms with Gasteiger partial charge in [0.05, 0.1) is 4.90 Å². The highest BCUT2D eigenvalue weighted by Gasteiger charge is 2.23. The largest absolute Gasteiger partial charge is 0.380 e. The summed E-state index contributed by atoms with van der Waals surface area (Å²) >= 11 is 5.97. The Kier molecular flexibility index (Phi) is 4.46. The fourth-order valence-corrected chi connectivity index (χ4v) is 2.74. The number of hydrogen-bond acceptors (Lipinski definition) is 4. The first-order valence-corrected chi connectivity index (χ1v) is 8.34. The lowest BCUT2D eigenvalue weighted by molar-refractivity contribution is 0.0747. The van der Waals surface area contributed by atoms with Crippen molar-refractivity contribution >= 4 is 27.2 Å². The fraction of sp³-hybridized carbons (Fsp3) is 0.133. The van der Waals surface area contributed by atoms with Crippen LogP contribution in [-0.2, 0) is 9.84 Å². The molecule has 2 aromatic carbocycles. The molecule has 0 amide bonds. The van der Waals surface area contributed by atoms with E-state index in [1.807, 2.05) is 0 Å². The van der Waals surface area contributed by atoms with Gasteiger partial charge in [-0.05, 0) is 18.2 Å². The summed E-state index contributed by atoms with van der Waals surface area (Å²) < 4.78 is 23.1. The van der Waals surface area contributed by atoms with E-state index in [1.165, 1.54) is 18.2 Å². The van der Waals surface area contributed by atoms with Crippen LogP contribution in [-0.4, -0.2) is 25.6 Å². The Labute approximate surface area is 127 Å². The summed E-state index contributed by atoms with van der Waals surface area (Å²) in [5.41, 5.74) is 0.402. The second-order valence-electron chi connectivity index (χ2n) is 4.59. The molecule has 0 fully saturated rings. The number of sulfone groups is 1. The Hall–Kier alpha value is -1.69. The summed E-state index contributed by atoms with van der Waals surface area (Å²) in [5.74, 6) is -0.539. The molecule has 0 aliphatic rings. The van der Waals surface area contributed by atoms with Gasteiger partial charge in [-0.1, -0.05) is 41.9 Å². The van der Waals surface area contributed by atoms with Gasteiger partial charge in [0.25, 0.3) is 0 Å². The van der Waals surface area contributed by atoms with Crippen molar-refractivity contribution in [2.75, 3.05) is 6.26 Å². The van der Waals surface area contributed by atoms with E-state index in [-0.39, 0.29) is 15.5 Å². The van der Waals surface area contributed by atoms with Crippen molar-refractivity contribution in [2.45, 2.75) is 11.0 Å². The molecule has 0 aliphatic carbocycles. The molecule has 2 aromatic rings. The van der Waals surface area contributed by atoms with Gasteiger partial charge in [-0.3, -0.25) is 4.79 Å². The molecule has 6 heteroatoms. The molecule has 110 valence electrons. The number of hydrogen-bond donors (Lipinski definition) is 1. The van der Waals surface area contributed by atoms with E-state index in [9.17, 15) is 18.3 Å². The molecule has 0 aliphatic heterocycles. The summed E-state index contributed by atoms with van der Waals surface area (Å²) in [6, 6.07) is 12.2. The minimum absolute atomic E-state index is 0.00168. The number of carbonyl (C=O) groups is 1. The smallest absolute Gasteiger partial charge is 0.195 e. The van der Waals surface area contributed by atoms with Crippen LogP contribution in [0.15, 0.2) is 53.4 Å². The standard InChI is InChI=1S/C15H13ClO4S/c1-21(19,20)11-7-8-13(16)12(9-11)15(18)14(17)10-5-3-2-4-6-10/h2-9,15,18H,1H3. The summed E-state index contributed by atoms with van der Waals surface area (Å²) in [5, 5.41) is 10.3. The van der Waals surface area contributed by atoms with E-state index in [4.69, 9.17) is 11.6 Å². The number of halogens is 1. The summed E-state index contributed by atoms with van der Waals surface area (Å²) in [4.78, 5) is 12.2.